The van der Waals surface area contributed by atoms with Crippen molar-refractivity contribution in [3.05, 3.63) is 71.8 Å². The number of ether oxygens (including phenoxy) is 2. The predicted octanol–water partition coefficient (Wildman–Crippen LogP) is 4.50. The summed E-state index contributed by atoms with van der Waals surface area (Å²) in [4.78, 5) is 20.2. The van der Waals surface area contributed by atoms with E-state index in [4.69, 9.17) is 9.47 Å². The van der Waals surface area contributed by atoms with E-state index in [9.17, 15) is 9.90 Å². The molecule has 0 saturated carbocycles. The molecule has 8 heteroatoms. The quantitative estimate of drug-likeness (QED) is 0.274. The van der Waals surface area contributed by atoms with Gasteiger partial charge in [-0.2, -0.15) is 5.10 Å². The maximum atomic E-state index is 12.6. The number of carbonyl (C=O) groups excluding carboxylic acids is 1. The summed E-state index contributed by atoms with van der Waals surface area (Å²) in [5.41, 5.74) is 5.68. The highest BCUT2D eigenvalue weighted by Crippen LogP contribution is 2.29. The molecule has 0 saturated heterocycles. The average molecular weight is 444 g/mol. The molecule has 0 aliphatic heterocycles. The van der Waals surface area contributed by atoms with Crippen LogP contribution in [-0.2, 0) is 0 Å². The van der Waals surface area contributed by atoms with Crippen molar-refractivity contribution in [3.63, 3.8) is 0 Å². The third kappa shape index (κ3) is 4.95. The number of hydrogen-bond donors (Lipinski definition) is 3. The molecule has 0 aliphatic rings. The van der Waals surface area contributed by atoms with Gasteiger partial charge in [0.15, 0.2) is 11.5 Å². The number of rotatable bonds is 8. The van der Waals surface area contributed by atoms with Gasteiger partial charge in [0.1, 0.15) is 11.6 Å². The van der Waals surface area contributed by atoms with Crippen molar-refractivity contribution >= 4 is 23.2 Å². The number of nitrogens with zero attached hydrogens (tertiary/aromatic N) is 2. The van der Waals surface area contributed by atoms with Gasteiger partial charge in [-0.15, -0.1) is 0 Å². The number of phenols is 1. The lowest BCUT2D eigenvalue weighted by Gasteiger charge is -2.10. The third-order valence-electron chi connectivity index (χ3n) is 4.93. The number of aromatic hydroxyl groups is 1. The van der Waals surface area contributed by atoms with Crippen molar-refractivity contribution < 1.29 is 19.4 Å². The highest BCUT2D eigenvalue weighted by atomic mass is 16.5. The molecule has 1 heterocycles. The van der Waals surface area contributed by atoms with Gasteiger partial charge in [-0.25, -0.2) is 10.4 Å². The molecule has 33 heavy (non-hydrogen) atoms. The van der Waals surface area contributed by atoms with Crippen LogP contribution in [0.4, 0.5) is 0 Å². The Hall–Kier alpha value is -4.33. The average Bonchev–Trinajstić information content (AvgIpc) is 3.26. The second-order valence-corrected chi connectivity index (χ2v) is 7.29. The molecular formula is C25H24N4O4. The highest BCUT2D eigenvalue weighted by molar-refractivity contribution is 5.98. The van der Waals surface area contributed by atoms with Crippen LogP contribution in [0.2, 0.25) is 0 Å². The van der Waals surface area contributed by atoms with Crippen LogP contribution in [0.1, 0.15) is 29.3 Å². The number of hydrogen-bond acceptors (Lipinski definition) is 6. The molecule has 0 unspecified atom stereocenters. The number of hydrazone groups is 1. The molecule has 0 aliphatic carbocycles. The van der Waals surface area contributed by atoms with E-state index in [1.807, 2.05) is 19.1 Å². The summed E-state index contributed by atoms with van der Waals surface area (Å²) in [6.07, 6.45) is 2.42. The molecule has 8 nitrogen and oxygen atoms in total. The van der Waals surface area contributed by atoms with E-state index in [0.717, 1.165) is 12.0 Å². The lowest BCUT2D eigenvalue weighted by Crippen LogP contribution is -2.17. The molecule has 3 N–H and O–H groups in total. The summed E-state index contributed by atoms with van der Waals surface area (Å²) in [5, 5.41) is 14.1. The Morgan fingerprint density at radius 3 is 2.79 bits per heavy atom. The minimum atomic E-state index is -0.358. The van der Waals surface area contributed by atoms with Gasteiger partial charge in [0.2, 0.25) is 0 Å². The second-order valence-electron chi connectivity index (χ2n) is 7.29. The topological polar surface area (TPSA) is 109 Å². The number of methoxy groups -OCH3 is 1. The Labute approximate surface area is 190 Å². The van der Waals surface area contributed by atoms with Crippen LogP contribution in [-0.4, -0.2) is 40.9 Å². The highest BCUT2D eigenvalue weighted by Gasteiger charge is 2.12. The minimum absolute atomic E-state index is 0.130. The third-order valence-corrected chi connectivity index (χ3v) is 4.93. The summed E-state index contributed by atoms with van der Waals surface area (Å²) in [5.74, 6) is 1.56. The molecule has 1 aromatic heterocycles. The van der Waals surface area contributed by atoms with Crippen LogP contribution in [0.3, 0.4) is 0 Å². The summed E-state index contributed by atoms with van der Waals surface area (Å²) < 4.78 is 11.0. The first-order chi connectivity index (χ1) is 16.1. The molecular weight excluding hydrogens is 420 g/mol. The summed E-state index contributed by atoms with van der Waals surface area (Å²) in [7, 11) is 1.59. The van der Waals surface area contributed by atoms with E-state index >= 15 is 0 Å². The van der Waals surface area contributed by atoms with Gasteiger partial charge in [0.05, 0.1) is 36.5 Å². The zero-order valence-electron chi connectivity index (χ0n) is 18.3. The fraction of sp³-hybridized carbons (Fsp3) is 0.160. The van der Waals surface area contributed by atoms with Gasteiger partial charge in [-0.05, 0) is 60.5 Å². The van der Waals surface area contributed by atoms with Crippen molar-refractivity contribution in [1.29, 1.82) is 0 Å². The lowest BCUT2D eigenvalue weighted by atomic mass is 10.2. The van der Waals surface area contributed by atoms with Gasteiger partial charge in [-0.3, -0.25) is 4.79 Å². The first kappa shape index (κ1) is 21.9. The van der Waals surface area contributed by atoms with Crippen LogP contribution in [0.25, 0.3) is 22.4 Å². The largest absolute Gasteiger partial charge is 0.507 e. The molecule has 0 spiro atoms. The first-order valence-corrected chi connectivity index (χ1v) is 10.5. The lowest BCUT2D eigenvalue weighted by molar-refractivity contribution is 0.0955. The molecule has 168 valence electrons. The van der Waals surface area contributed by atoms with Gasteiger partial charge < -0.3 is 19.6 Å². The molecule has 4 aromatic rings. The van der Waals surface area contributed by atoms with Crippen LogP contribution in [0.5, 0.6) is 17.2 Å². The fourth-order valence-corrected chi connectivity index (χ4v) is 3.28. The number of nitrogens with one attached hydrogen (secondary N) is 2. The Kier molecular flexibility index (Phi) is 6.54. The second kappa shape index (κ2) is 9.86. The number of benzene rings is 3. The Morgan fingerprint density at radius 2 is 2.00 bits per heavy atom. The molecule has 0 fully saturated rings. The standard InChI is InChI=1S/C25H24N4O4/c1-3-12-33-23-13-16(8-11-22(23)32-2)15-26-29-25(31)17-9-10-19-20(14-17)28-24(27-19)18-6-4-5-7-21(18)30/h4-11,13-15,30H,3,12H2,1-2H3,(H,27,28)(H,29,31)/b26-15+. The molecule has 4 rings (SSSR count). The van der Waals surface area contributed by atoms with Gasteiger partial charge in [0, 0.05) is 5.56 Å². The number of imidazole rings is 1. The number of carbonyl (C=O) groups is 1. The zero-order valence-corrected chi connectivity index (χ0v) is 18.3. The molecule has 0 bridgehead atoms. The molecule has 0 radical (unpaired) electrons. The van der Waals surface area contributed by atoms with Crippen molar-refractivity contribution in [2.75, 3.05) is 13.7 Å². The zero-order chi connectivity index (χ0) is 23.2. The predicted molar refractivity (Wildman–Crippen MR) is 127 cm³/mol. The number of phenolic OH excluding ortho intramolecular Hbond substituents is 1. The van der Waals surface area contributed by atoms with Crippen LogP contribution >= 0.6 is 0 Å². The Balaban J connectivity index is 1.48. The number of aromatic nitrogens is 2. The van der Waals surface area contributed by atoms with E-state index in [0.29, 0.717) is 46.1 Å². The number of para-hydroxylation sites is 1. The summed E-state index contributed by atoms with van der Waals surface area (Å²) >= 11 is 0. The van der Waals surface area contributed by atoms with Gasteiger partial charge >= 0.3 is 0 Å². The fourth-order valence-electron chi connectivity index (χ4n) is 3.28. The summed E-state index contributed by atoms with van der Waals surface area (Å²) in [6, 6.07) is 17.5. The Morgan fingerprint density at radius 1 is 1.15 bits per heavy atom. The van der Waals surface area contributed by atoms with Gasteiger partial charge in [0.25, 0.3) is 5.91 Å². The van der Waals surface area contributed by atoms with Crippen molar-refractivity contribution in [2.24, 2.45) is 5.10 Å². The molecule has 1 amide bonds. The summed E-state index contributed by atoms with van der Waals surface area (Å²) in [6.45, 7) is 2.61. The molecule has 3 aromatic carbocycles. The number of aromatic amines is 1. The van der Waals surface area contributed by atoms with Crippen molar-refractivity contribution in [1.82, 2.24) is 15.4 Å². The van der Waals surface area contributed by atoms with E-state index < -0.39 is 0 Å². The Bertz CT molecular complexity index is 1310. The van der Waals surface area contributed by atoms with Crippen LogP contribution in [0.15, 0.2) is 65.8 Å². The van der Waals surface area contributed by atoms with E-state index in [1.54, 1.807) is 61.9 Å². The number of H-pyrrole nitrogens is 1. The SMILES string of the molecule is CCCOc1cc(/C=N/NC(=O)c2ccc3nc(-c4ccccc4O)[nH]c3c2)ccc1OC. The van der Waals surface area contributed by atoms with E-state index in [1.165, 1.54) is 0 Å². The normalized spacial score (nSPS) is 11.1. The van der Waals surface area contributed by atoms with E-state index in [-0.39, 0.29) is 11.7 Å². The van der Waals surface area contributed by atoms with Crippen LogP contribution < -0.4 is 14.9 Å². The van der Waals surface area contributed by atoms with Crippen LogP contribution in [0, 0.1) is 0 Å². The maximum absolute atomic E-state index is 12.6. The number of fused-ring (bicyclic) bond motifs is 1. The van der Waals surface area contributed by atoms with E-state index in [2.05, 4.69) is 20.5 Å². The first-order valence-electron chi connectivity index (χ1n) is 10.5. The monoisotopic (exact) mass is 444 g/mol. The smallest absolute Gasteiger partial charge is 0.271 e. The van der Waals surface area contributed by atoms with Crippen molar-refractivity contribution in [3.8, 4) is 28.6 Å². The van der Waals surface area contributed by atoms with Crippen molar-refractivity contribution in [2.45, 2.75) is 13.3 Å². The van der Waals surface area contributed by atoms with Gasteiger partial charge in [-0.1, -0.05) is 19.1 Å². The molecule has 0 atom stereocenters. The minimum Gasteiger partial charge on any atom is -0.507 e. The maximum Gasteiger partial charge on any atom is 0.271 e. The number of amides is 1.